The van der Waals surface area contributed by atoms with Gasteiger partial charge in [-0.3, -0.25) is 4.79 Å². The van der Waals surface area contributed by atoms with Gasteiger partial charge in [0.15, 0.2) is 0 Å². The average Bonchev–Trinajstić information content (AvgIpc) is 1.88. The molecular formula is C7H12O3. The fourth-order valence-electron chi connectivity index (χ4n) is 0.551. The Bertz CT molecular complexity index is 120. The van der Waals surface area contributed by atoms with Gasteiger partial charge in [-0.05, 0) is 6.42 Å². The fourth-order valence-corrected chi connectivity index (χ4v) is 0.551. The van der Waals surface area contributed by atoms with Crippen molar-refractivity contribution in [2.75, 3.05) is 7.11 Å². The maximum Gasteiger partial charge on any atom is 0.308 e. The molecular weight excluding hydrogens is 132 g/mol. The van der Waals surface area contributed by atoms with E-state index in [-0.39, 0.29) is 6.42 Å². The molecule has 58 valence electrons. The number of ether oxygens (including phenoxy) is 1. The topological polar surface area (TPSA) is 46.5 Å². The Kier molecular flexibility index (Phi) is 4.58. The zero-order valence-corrected chi connectivity index (χ0v) is 6.04. The van der Waals surface area contributed by atoms with E-state index in [1.807, 2.05) is 0 Å². The zero-order chi connectivity index (χ0) is 7.98. The molecule has 0 rings (SSSR count). The highest BCUT2D eigenvalue weighted by molar-refractivity contribution is 5.69. The Morgan fingerprint density at radius 2 is 2.50 bits per heavy atom. The van der Waals surface area contributed by atoms with Gasteiger partial charge in [-0.2, -0.15) is 0 Å². The number of carbonyl (C=O) groups is 1. The van der Waals surface area contributed by atoms with E-state index in [1.165, 1.54) is 7.11 Å². The number of aliphatic hydroxyl groups excluding tert-OH is 1. The summed E-state index contributed by atoms with van der Waals surface area (Å²) < 4.78 is 4.33. The maximum atomic E-state index is 10.5. The molecule has 0 aliphatic heterocycles. The van der Waals surface area contributed by atoms with E-state index in [4.69, 9.17) is 5.11 Å². The average molecular weight is 144 g/mol. The predicted molar refractivity (Wildman–Crippen MR) is 37.5 cm³/mol. The molecule has 0 unspecified atom stereocenters. The lowest BCUT2D eigenvalue weighted by atomic mass is 10.2. The van der Waals surface area contributed by atoms with E-state index in [9.17, 15) is 4.79 Å². The molecule has 0 bridgehead atoms. The Balaban J connectivity index is 3.46. The lowest BCUT2D eigenvalue weighted by Gasteiger charge is -2.04. The first-order valence-corrected chi connectivity index (χ1v) is 3.06. The van der Waals surface area contributed by atoms with Gasteiger partial charge in [0, 0.05) is 0 Å². The summed E-state index contributed by atoms with van der Waals surface area (Å²) in [5, 5.41) is 8.98. The first kappa shape index (κ1) is 9.17. The lowest BCUT2D eigenvalue weighted by Crippen LogP contribution is -2.13. The summed E-state index contributed by atoms with van der Waals surface area (Å²) in [6.07, 6.45) is 1.38. The molecule has 1 atom stereocenters. The largest absolute Gasteiger partial charge is 0.469 e. The van der Waals surface area contributed by atoms with Gasteiger partial charge in [-0.1, -0.05) is 6.08 Å². The Hall–Kier alpha value is -0.830. The molecule has 0 aromatic carbocycles. The van der Waals surface area contributed by atoms with Crippen LogP contribution in [0.5, 0.6) is 0 Å². The monoisotopic (exact) mass is 144 g/mol. The quantitative estimate of drug-likeness (QED) is 0.461. The van der Waals surface area contributed by atoms with Crippen LogP contribution in [0.3, 0.4) is 0 Å². The third-order valence-electron chi connectivity index (χ3n) is 1.07. The third-order valence-corrected chi connectivity index (χ3v) is 1.07. The van der Waals surface area contributed by atoms with E-state index in [0.717, 1.165) is 0 Å². The Morgan fingerprint density at radius 3 is 2.90 bits per heavy atom. The van der Waals surface area contributed by atoms with Crippen LogP contribution in [0.25, 0.3) is 0 Å². The molecule has 0 saturated carbocycles. The highest BCUT2D eigenvalue weighted by atomic mass is 16.5. The molecule has 0 aliphatic carbocycles. The van der Waals surface area contributed by atoms with Crippen molar-refractivity contribution in [1.29, 1.82) is 0 Å². The smallest absolute Gasteiger partial charge is 0.308 e. The van der Waals surface area contributed by atoms with Gasteiger partial charge in [-0.15, -0.1) is 6.58 Å². The summed E-state index contributed by atoms with van der Waals surface area (Å²) in [6.45, 7) is 3.42. The molecule has 0 aliphatic rings. The standard InChI is InChI=1S/C7H12O3/c1-3-4-6(8)5-7(9)10-2/h3,6,8H,1,4-5H2,2H3/t6-/m1/s1. The summed E-state index contributed by atoms with van der Waals surface area (Å²) in [5.74, 6) is -0.394. The van der Waals surface area contributed by atoms with Gasteiger partial charge in [-0.25, -0.2) is 0 Å². The number of carbonyl (C=O) groups excluding carboxylic acids is 1. The second-order valence-electron chi connectivity index (χ2n) is 1.96. The van der Waals surface area contributed by atoms with E-state index in [1.54, 1.807) is 6.08 Å². The van der Waals surface area contributed by atoms with E-state index >= 15 is 0 Å². The van der Waals surface area contributed by atoms with Crippen molar-refractivity contribution >= 4 is 5.97 Å². The van der Waals surface area contributed by atoms with Crippen molar-refractivity contribution in [3.05, 3.63) is 12.7 Å². The van der Waals surface area contributed by atoms with Crippen LogP contribution in [0, 0.1) is 0 Å². The summed E-state index contributed by atoms with van der Waals surface area (Å²) in [5.41, 5.74) is 0. The molecule has 1 N–H and O–H groups in total. The number of aliphatic hydroxyl groups is 1. The van der Waals surface area contributed by atoms with Crippen LogP contribution in [-0.2, 0) is 9.53 Å². The van der Waals surface area contributed by atoms with Crippen molar-refractivity contribution in [2.24, 2.45) is 0 Å². The van der Waals surface area contributed by atoms with Gasteiger partial charge < -0.3 is 9.84 Å². The van der Waals surface area contributed by atoms with Crippen LogP contribution in [0.1, 0.15) is 12.8 Å². The normalized spacial score (nSPS) is 12.2. The third kappa shape index (κ3) is 4.09. The number of hydrogen-bond donors (Lipinski definition) is 1. The molecule has 0 radical (unpaired) electrons. The van der Waals surface area contributed by atoms with Gasteiger partial charge in [0.05, 0.1) is 19.6 Å². The lowest BCUT2D eigenvalue weighted by molar-refractivity contribution is -0.142. The van der Waals surface area contributed by atoms with Crippen LogP contribution in [0.4, 0.5) is 0 Å². The maximum absolute atomic E-state index is 10.5. The highest BCUT2D eigenvalue weighted by Gasteiger charge is 2.07. The van der Waals surface area contributed by atoms with Crippen LogP contribution >= 0.6 is 0 Å². The number of esters is 1. The van der Waals surface area contributed by atoms with Crippen molar-refractivity contribution in [3.63, 3.8) is 0 Å². The van der Waals surface area contributed by atoms with E-state index < -0.39 is 12.1 Å². The minimum atomic E-state index is -0.648. The molecule has 3 nitrogen and oxygen atoms in total. The SMILES string of the molecule is C=CC[C@@H](O)CC(=O)OC. The fraction of sp³-hybridized carbons (Fsp3) is 0.571. The molecule has 0 saturated heterocycles. The predicted octanol–water partition coefficient (Wildman–Crippen LogP) is 0.486. The number of rotatable bonds is 4. The van der Waals surface area contributed by atoms with Crippen molar-refractivity contribution in [1.82, 2.24) is 0 Å². The number of methoxy groups -OCH3 is 1. The second-order valence-corrected chi connectivity index (χ2v) is 1.96. The van der Waals surface area contributed by atoms with Gasteiger partial charge >= 0.3 is 5.97 Å². The second kappa shape index (κ2) is 4.99. The van der Waals surface area contributed by atoms with Gasteiger partial charge in [0.2, 0.25) is 0 Å². The van der Waals surface area contributed by atoms with E-state index in [0.29, 0.717) is 6.42 Å². The molecule has 0 aromatic rings. The molecule has 0 heterocycles. The molecule has 10 heavy (non-hydrogen) atoms. The summed E-state index contributed by atoms with van der Waals surface area (Å²) >= 11 is 0. The van der Waals surface area contributed by atoms with Crippen molar-refractivity contribution in [2.45, 2.75) is 18.9 Å². The van der Waals surface area contributed by atoms with Crippen LogP contribution in [0.15, 0.2) is 12.7 Å². The van der Waals surface area contributed by atoms with Crippen molar-refractivity contribution in [3.8, 4) is 0 Å². The molecule has 0 fully saturated rings. The van der Waals surface area contributed by atoms with E-state index in [2.05, 4.69) is 11.3 Å². The minimum Gasteiger partial charge on any atom is -0.469 e. The van der Waals surface area contributed by atoms with Crippen LogP contribution < -0.4 is 0 Å². The van der Waals surface area contributed by atoms with Gasteiger partial charge in [0.1, 0.15) is 0 Å². The molecule has 3 heteroatoms. The minimum absolute atomic E-state index is 0.0442. The first-order chi connectivity index (χ1) is 4.70. The zero-order valence-electron chi connectivity index (χ0n) is 6.04. The molecule has 0 aromatic heterocycles. The summed E-state index contributed by atoms with van der Waals surface area (Å²) in [6, 6.07) is 0. The summed E-state index contributed by atoms with van der Waals surface area (Å²) in [4.78, 5) is 10.5. The molecule has 0 amide bonds. The number of hydrogen-bond acceptors (Lipinski definition) is 3. The van der Waals surface area contributed by atoms with Gasteiger partial charge in [0.25, 0.3) is 0 Å². The summed E-state index contributed by atoms with van der Waals surface area (Å²) in [7, 11) is 1.29. The first-order valence-electron chi connectivity index (χ1n) is 3.06. The molecule has 0 spiro atoms. The van der Waals surface area contributed by atoms with Crippen molar-refractivity contribution < 1.29 is 14.6 Å². The Labute approximate surface area is 60.3 Å². The van der Waals surface area contributed by atoms with Crippen LogP contribution in [-0.4, -0.2) is 24.3 Å². The van der Waals surface area contributed by atoms with Crippen LogP contribution in [0.2, 0.25) is 0 Å². The highest BCUT2D eigenvalue weighted by Crippen LogP contribution is 1.98. The Morgan fingerprint density at radius 1 is 1.90 bits per heavy atom.